The molecule has 4 rings (SSSR count). The molecule has 4 aromatic rings. The highest BCUT2D eigenvalue weighted by Crippen LogP contribution is 2.35. The van der Waals surface area contributed by atoms with Crippen molar-refractivity contribution in [3.05, 3.63) is 47.0 Å². The summed E-state index contributed by atoms with van der Waals surface area (Å²) in [7, 11) is -3.58. The number of hydrogen-bond acceptors (Lipinski definition) is 7. The van der Waals surface area contributed by atoms with Gasteiger partial charge >= 0.3 is 0 Å². The molecule has 0 saturated carbocycles. The summed E-state index contributed by atoms with van der Waals surface area (Å²) in [6.07, 6.45) is 1.49. The highest BCUT2D eigenvalue weighted by atomic mass is 32.2. The average Bonchev–Trinajstić information content (AvgIpc) is 3.35. The molecule has 0 aliphatic heterocycles. The van der Waals surface area contributed by atoms with Gasteiger partial charge in [0, 0.05) is 18.7 Å². The summed E-state index contributed by atoms with van der Waals surface area (Å²) in [6.45, 7) is 6.82. The van der Waals surface area contributed by atoms with Crippen molar-refractivity contribution in [2.45, 2.75) is 38.5 Å². The van der Waals surface area contributed by atoms with Gasteiger partial charge in [-0.25, -0.2) is 18.4 Å². The van der Waals surface area contributed by atoms with E-state index in [0.29, 0.717) is 23.8 Å². The van der Waals surface area contributed by atoms with Gasteiger partial charge in [-0.2, -0.15) is 4.31 Å². The van der Waals surface area contributed by atoms with Crippen LogP contribution in [0.1, 0.15) is 42.1 Å². The summed E-state index contributed by atoms with van der Waals surface area (Å²) >= 11 is 3.02. The van der Waals surface area contributed by atoms with E-state index < -0.39 is 10.0 Å². The molecule has 0 aliphatic carbocycles. The molecule has 0 unspecified atom stereocenters. The molecule has 32 heavy (non-hydrogen) atoms. The van der Waals surface area contributed by atoms with E-state index in [1.54, 1.807) is 11.3 Å². The summed E-state index contributed by atoms with van der Waals surface area (Å²) < 4.78 is 29.4. The van der Waals surface area contributed by atoms with Crippen LogP contribution in [0.25, 0.3) is 20.4 Å². The minimum atomic E-state index is -3.58. The lowest BCUT2D eigenvalue weighted by molar-refractivity contribution is 0.102. The molecule has 0 fully saturated rings. The standard InChI is InChI=1S/C22H24N4O3S3/c1-4-12-26(13-5-2)32(28,29)16-8-6-15(7-9-16)21(27)25-22-24-18-11-10-17-19(20(18)31-22)30-14(3)23-17/h6-11H,4-5,12-13H2,1-3H3,(H,24,25,27). The largest absolute Gasteiger partial charge is 0.298 e. The highest BCUT2D eigenvalue weighted by molar-refractivity contribution is 7.89. The molecule has 2 heterocycles. The van der Waals surface area contributed by atoms with Crippen LogP contribution in [0.3, 0.4) is 0 Å². The topological polar surface area (TPSA) is 92.3 Å². The fourth-order valence-corrected chi connectivity index (χ4v) is 7.11. The number of carbonyl (C=O) groups is 1. The smallest absolute Gasteiger partial charge is 0.257 e. The SMILES string of the molecule is CCCN(CCC)S(=O)(=O)c1ccc(C(=O)Nc2nc3ccc4nc(C)sc4c3s2)cc1. The molecular formula is C22H24N4O3S3. The number of anilines is 1. The molecule has 0 radical (unpaired) electrons. The number of nitrogens with zero attached hydrogens (tertiary/aromatic N) is 3. The quantitative estimate of drug-likeness (QED) is 0.364. The van der Waals surface area contributed by atoms with Crippen LogP contribution >= 0.6 is 22.7 Å². The molecule has 7 nitrogen and oxygen atoms in total. The van der Waals surface area contributed by atoms with E-state index >= 15 is 0 Å². The summed E-state index contributed by atoms with van der Waals surface area (Å²) in [4.78, 5) is 22.0. The van der Waals surface area contributed by atoms with Crippen molar-refractivity contribution in [1.82, 2.24) is 14.3 Å². The number of rotatable bonds is 8. The maximum atomic E-state index is 12.9. The fourth-order valence-electron chi connectivity index (χ4n) is 3.49. The number of benzene rings is 2. The Morgan fingerprint density at radius 2 is 1.53 bits per heavy atom. The van der Waals surface area contributed by atoms with Gasteiger partial charge in [0.25, 0.3) is 5.91 Å². The van der Waals surface area contributed by atoms with E-state index in [0.717, 1.165) is 38.3 Å². The van der Waals surface area contributed by atoms with Crippen LogP contribution in [0.15, 0.2) is 41.3 Å². The zero-order valence-electron chi connectivity index (χ0n) is 18.1. The predicted molar refractivity (Wildman–Crippen MR) is 131 cm³/mol. The monoisotopic (exact) mass is 488 g/mol. The number of fused-ring (bicyclic) bond motifs is 3. The maximum Gasteiger partial charge on any atom is 0.257 e. The summed E-state index contributed by atoms with van der Waals surface area (Å²) in [5.74, 6) is -0.330. The lowest BCUT2D eigenvalue weighted by Crippen LogP contribution is -2.32. The Bertz CT molecular complexity index is 1370. The van der Waals surface area contributed by atoms with Gasteiger partial charge in [0.05, 0.1) is 30.3 Å². The third-order valence-electron chi connectivity index (χ3n) is 4.94. The van der Waals surface area contributed by atoms with Gasteiger partial charge in [-0.05, 0) is 56.2 Å². The zero-order valence-corrected chi connectivity index (χ0v) is 20.5. The van der Waals surface area contributed by atoms with Gasteiger partial charge in [-0.1, -0.05) is 25.2 Å². The van der Waals surface area contributed by atoms with Crippen molar-refractivity contribution in [2.75, 3.05) is 18.4 Å². The van der Waals surface area contributed by atoms with Crippen molar-refractivity contribution in [3.63, 3.8) is 0 Å². The van der Waals surface area contributed by atoms with Crippen LogP contribution in [0.4, 0.5) is 5.13 Å². The second-order valence-electron chi connectivity index (χ2n) is 7.40. The first-order valence-electron chi connectivity index (χ1n) is 10.4. The number of carbonyl (C=O) groups excluding carboxylic acids is 1. The maximum absolute atomic E-state index is 12.9. The molecular weight excluding hydrogens is 464 g/mol. The van der Waals surface area contributed by atoms with Crippen LogP contribution in [-0.4, -0.2) is 41.7 Å². The van der Waals surface area contributed by atoms with Crippen molar-refractivity contribution in [3.8, 4) is 0 Å². The number of hydrogen-bond donors (Lipinski definition) is 1. The molecule has 0 bridgehead atoms. The Morgan fingerprint density at radius 1 is 0.938 bits per heavy atom. The van der Waals surface area contributed by atoms with Gasteiger partial charge in [0.1, 0.15) is 0 Å². The predicted octanol–water partition coefficient (Wildman–Crippen LogP) is 5.28. The van der Waals surface area contributed by atoms with Gasteiger partial charge in [-0.15, -0.1) is 11.3 Å². The number of thiazole rings is 2. The molecule has 2 aromatic heterocycles. The molecule has 0 saturated heterocycles. The summed E-state index contributed by atoms with van der Waals surface area (Å²) in [6, 6.07) is 9.90. The van der Waals surface area contributed by atoms with E-state index in [9.17, 15) is 13.2 Å². The minimum absolute atomic E-state index is 0.193. The van der Waals surface area contributed by atoms with Crippen LogP contribution in [0, 0.1) is 6.92 Å². The molecule has 2 aromatic carbocycles. The van der Waals surface area contributed by atoms with E-state index in [1.165, 1.54) is 39.9 Å². The molecule has 10 heteroatoms. The molecule has 1 N–H and O–H groups in total. The van der Waals surface area contributed by atoms with Crippen molar-refractivity contribution in [1.29, 1.82) is 0 Å². The highest BCUT2D eigenvalue weighted by Gasteiger charge is 2.23. The lowest BCUT2D eigenvalue weighted by atomic mass is 10.2. The number of aryl methyl sites for hydroxylation is 1. The third-order valence-corrected chi connectivity index (χ3v) is 8.99. The Hall–Kier alpha value is -2.40. The van der Waals surface area contributed by atoms with Crippen LogP contribution in [0.5, 0.6) is 0 Å². The Balaban J connectivity index is 1.55. The first-order valence-corrected chi connectivity index (χ1v) is 13.5. The van der Waals surface area contributed by atoms with Crippen molar-refractivity contribution < 1.29 is 13.2 Å². The van der Waals surface area contributed by atoms with Gasteiger partial charge in [0.15, 0.2) is 5.13 Å². The van der Waals surface area contributed by atoms with Gasteiger partial charge in [-0.3, -0.25) is 10.1 Å². The number of amides is 1. The first-order chi connectivity index (χ1) is 15.3. The second-order valence-corrected chi connectivity index (χ2v) is 11.5. The summed E-state index contributed by atoms with van der Waals surface area (Å²) in [5, 5.41) is 4.32. The van der Waals surface area contributed by atoms with Crippen molar-refractivity contribution >= 4 is 64.2 Å². The first kappa shape index (κ1) is 22.8. The van der Waals surface area contributed by atoms with Gasteiger partial charge < -0.3 is 0 Å². The Labute approximate surface area is 195 Å². The van der Waals surface area contributed by atoms with Crippen LogP contribution in [0.2, 0.25) is 0 Å². The third kappa shape index (κ3) is 4.40. The van der Waals surface area contributed by atoms with E-state index in [1.807, 2.05) is 32.9 Å². The molecule has 0 atom stereocenters. The average molecular weight is 489 g/mol. The minimum Gasteiger partial charge on any atom is -0.298 e. The second kappa shape index (κ2) is 9.22. The van der Waals surface area contributed by atoms with Crippen molar-refractivity contribution in [2.24, 2.45) is 0 Å². The zero-order chi connectivity index (χ0) is 22.9. The van der Waals surface area contributed by atoms with Crippen LogP contribution in [-0.2, 0) is 10.0 Å². The van der Waals surface area contributed by atoms with E-state index in [2.05, 4.69) is 15.3 Å². The van der Waals surface area contributed by atoms with Crippen LogP contribution < -0.4 is 5.32 Å². The summed E-state index contributed by atoms with van der Waals surface area (Å²) in [5.41, 5.74) is 2.12. The molecule has 0 spiro atoms. The number of sulfonamides is 1. The molecule has 0 aliphatic rings. The molecule has 1 amide bonds. The Morgan fingerprint density at radius 3 is 2.16 bits per heavy atom. The van der Waals surface area contributed by atoms with E-state index in [4.69, 9.17) is 0 Å². The normalized spacial score (nSPS) is 12.1. The molecule has 168 valence electrons. The lowest BCUT2D eigenvalue weighted by Gasteiger charge is -2.21. The number of nitrogens with one attached hydrogen (secondary N) is 1. The number of aromatic nitrogens is 2. The Kier molecular flexibility index (Phi) is 6.57. The van der Waals surface area contributed by atoms with Gasteiger partial charge in [0.2, 0.25) is 10.0 Å². The van der Waals surface area contributed by atoms with E-state index in [-0.39, 0.29) is 10.8 Å². The fraction of sp³-hybridized carbons (Fsp3) is 0.318.